The topological polar surface area (TPSA) is 70.2 Å². The minimum absolute atomic E-state index is 0.175. The quantitative estimate of drug-likeness (QED) is 0.728. The molecule has 0 spiro atoms. The molecular formula is C13H17N3O2. The Hall–Kier alpha value is -2.01. The summed E-state index contributed by atoms with van der Waals surface area (Å²) in [6.45, 7) is 3.87. The molecule has 0 bridgehead atoms. The van der Waals surface area contributed by atoms with Gasteiger partial charge in [0, 0.05) is 25.0 Å². The monoisotopic (exact) mass is 247 g/mol. The van der Waals surface area contributed by atoms with E-state index in [-0.39, 0.29) is 5.75 Å². The van der Waals surface area contributed by atoms with Crippen molar-refractivity contribution in [2.45, 2.75) is 20.0 Å². The lowest BCUT2D eigenvalue weighted by molar-refractivity contribution is 0.317. The highest BCUT2D eigenvalue weighted by molar-refractivity contribution is 5.41. The zero-order valence-corrected chi connectivity index (χ0v) is 10.3. The fourth-order valence-corrected chi connectivity index (χ4v) is 1.66. The Balaban J connectivity index is 1.90. The maximum absolute atomic E-state index is 9.58. The molecule has 5 nitrogen and oxygen atoms in total. The zero-order valence-electron chi connectivity index (χ0n) is 10.3. The third-order valence-electron chi connectivity index (χ3n) is 2.53. The normalized spacial score (nSPS) is 10.5. The second kappa shape index (κ2) is 6.07. The van der Waals surface area contributed by atoms with E-state index in [1.807, 2.05) is 25.1 Å². The van der Waals surface area contributed by atoms with Gasteiger partial charge in [-0.1, -0.05) is 6.07 Å². The average Bonchev–Trinajstić information content (AvgIpc) is 2.87. The van der Waals surface area contributed by atoms with Crippen LogP contribution in [-0.4, -0.2) is 21.9 Å². The van der Waals surface area contributed by atoms with Crippen LogP contribution in [0.5, 0.6) is 11.5 Å². The molecule has 0 unspecified atom stereocenters. The van der Waals surface area contributed by atoms with E-state index in [2.05, 4.69) is 15.5 Å². The van der Waals surface area contributed by atoms with Crippen molar-refractivity contribution in [2.24, 2.45) is 0 Å². The highest BCUT2D eigenvalue weighted by atomic mass is 16.5. The number of nitrogens with one attached hydrogen (secondary N) is 2. The number of aromatic hydroxyl groups is 1. The summed E-state index contributed by atoms with van der Waals surface area (Å²) in [5.74, 6) is 0.701. The van der Waals surface area contributed by atoms with Gasteiger partial charge in [0.15, 0.2) is 11.5 Å². The van der Waals surface area contributed by atoms with Crippen LogP contribution in [0.3, 0.4) is 0 Å². The van der Waals surface area contributed by atoms with Crippen LogP contribution in [0.2, 0.25) is 0 Å². The molecule has 0 aliphatic heterocycles. The molecule has 0 fully saturated rings. The van der Waals surface area contributed by atoms with Gasteiger partial charge in [-0.2, -0.15) is 5.10 Å². The maximum atomic E-state index is 9.58. The molecule has 2 rings (SSSR count). The number of aromatic nitrogens is 2. The standard InChI is InChI=1S/C13H17N3O2/c1-2-18-13-7-10(3-4-12(13)17)8-14-9-11-5-6-15-16-11/h3-7,14,17H,2,8-9H2,1H3,(H,15,16). The summed E-state index contributed by atoms with van der Waals surface area (Å²) in [5, 5.41) is 19.6. The molecule has 0 saturated heterocycles. The zero-order chi connectivity index (χ0) is 12.8. The number of rotatable bonds is 6. The molecule has 96 valence electrons. The van der Waals surface area contributed by atoms with Crippen molar-refractivity contribution >= 4 is 0 Å². The van der Waals surface area contributed by atoms with E-state index in [1.165, 1.54) is 0 Å². The number of aromatic amines is 1. The van der Waals surface area contributed by atoms with E-state index >= 15 is 0 Å². The summed E-state index contributed by atoms with van der Waals surface area (Å²) < 4.78 is 5.34. The van der Waals surface area contributed by atoms with E-state index in [0.29, 0.717) is 18.9 Å². The number of nitrogens with zero attached hydrogens (tertiary/aromatic N) is 1. The van der Waals surface area contributed by atoms with Crippen molar-refractivity contribution in [3.63, 3.8) is 0 Å². The smallest absolute Gasteiger partial charge is 0.161 e. The Morgan fingerprint density at radius 2 is 2.22 bits per heavy atom. The molecule has 1 aromatic carbocycles. The van der Waals surface area contributed by atoms with Crippen LogP contribution >= 0.6 is 0 Å². The number of phenolic OH excluding ortho intramolecular Hbond substituents is 1. The van der Waals surface area contributed by atoms with Gasteiger partial charge in [0.2, 0.25) is 0 Å². The molecule has 0 aliphatic rings. The SMILES string of the molecule is CCOc1cc(CNCc2ccn[nH]2)ccc1O. The van der Waals surface area contributed by atoms with Crippen molar-refractivity contribution in [3.8, 4) is 11.5 Å². The van der Waals surface area contributed by atoms with Crippen molar-refractivity contribution in [1.29, 1.82) is 0 Å². The van der Waals surface area contributed by atoms with E-state index in [9.17, 15) is 5.11 Å². The highest BCUT2D eigenvalue weighted by Crippen LogP contribution is 2.26. The van der Waals surface area contributed by atoms with Crippen LogP contribution in [0.1, 0.15) is 18.2 Å². The molecule has 0 amide bonds. The first-order chi connectivity index (χ1) is 8.79. The molecule has 1 heterocycles. The van der Waals surface area contributed by atoms with Crippen LogP contribution < -0.4 is 10.1 Å². The van der Waals surface area contributed by atoms with Crippen molar-refractivity contribution in [1.82, 2.24) is 15.5 Å². The Morgan fingerprint density at radius 3 is 2.94 bits per heavy atom. The van der Waals surface area contributed by atoms with Crippen LogP contribution in [0.4, 0.5) is 0 Å². The number of phenols is 1. The first kappa shape index (κ1) is 12.4. The predicted molar refractivity (Wildman–Crippen MR) is 68.4 cm³/mol. The van der Waals surface area contributed by atoms with E-state index in [4.69, 9.17) is 4.74 Å². The summed E-state index contributed by atoms with van der Waals surface area (Å²) >= 11 is 0. The maximum Gasteiger partial charge on any atom is 0.161 e. The van der Waals surface area contributed by atoms with Gasteiger partial charge >= 0.3 is 0 Å². The number of H-pyrrole nitrogens is 1. The van der Waals surface area contributed by atoms with E-state index in [0.717, 1.165) is 17.8 Å². The third kappa shape index (κ3) is 3.24. The molecule has 1 aromatic heterocycles. The highest BCUT2D eigenvalue weighted by Gasteiger charge is 2.03. The summed E-state index contributed by atoms with van der Waals surface area (Å²) in [7, 11) is 0. The number of benzene rings is 1. The first-order valence-electron chi connectivity index (χ1n) is 5.93. The van der Waals surface area contributed by atoms with Gasteiger partial charge in [0.25, 0.3) is 0 Å². The van der Waals surface area contributed by atoms with Gasteiger partial charge in [-0.25, -0.2) is 0 Å². The van der Waals surface area contributed by atoms with Crippen molar-refractivity contribution < 1.29 is 9.84 Å². The van der Waals surface area contributed by atoms with Crippen LogP contribution in [-0.2, 0) is 13.1 Å². The molecule has 0 aliphatic carbocycles. The second-order valence-corrected chi connectivity index (χ2v) is 3.92. The number of hydrogen-bond acceptors (Lipinski definition) is 4. The van der Waals surface area contributed by atoms with Gasteiger partial charge < -0.3 is 15.2 Å². The summed E-state index contributed by atoms with van der Waals surface area (Å²) in [4.78, 5) is 0. The van der Waals surface area contributed by atoms with Crippen LogP contribution in [0.25, 0.3) is 0 Å². The molecule has 2 aromatic rings. The lowest BCUT2D eigenvalue weighted by Crippen LogP contribution is -2.13. The molecule has 0 radical (unpaired) electrons. The number of ether oxygens (including phenoxy) is 1. The predicted octanol–water partition coefficient (Wildman–Crippen LogP) is 1.80. The van der Waals surface area contributed by atoms with Crippen molar-refractivity contribution in [3.05, 3.63) is 41.7 Å². The van der Waals surface area contributed by atoms with E-state index in [1.54, 1.807) is 12.3 Å². The van der Waals surface area contributed by atoms with Gasteiger partial charge in [-0.3, -0.25) is 5.10 Å². The van der Waals surface area contributed by atoms with Crippen LogP contribution in [0.15, 0.2) is 30.5 Å². The first-order valence-corrected chi connectivity index (χ1v) is 5.93. The minimum atomic E-state index is 0.175. The molecule has 18 heavy (non-hydrogen) atoms. The van der Waals surface area contributed by atoms with Crippen LogP contribution in [0, 0.1) is 0 Å². The Morgan fingerprint density at radius 1 is 1.33 bits per heavy atom. The largest absolute Gasteiger partial charge is 0.504 e. The Kier molecular flexibility index (Phi) is 4.20. The van der Waals surface area contributed by atoms with Gasteiger partial charge in [0.05, 0.1) is 6.61 Å². The number of hydrogen-bond donors (Lipinski definition) is 3. The lowest BCUT2D eigenvalue weighted by Gasteiger charge is -2.09. The third-order valence-corrected chi connectivity index (χ3v) is 2.53. The van der Waals surface area contributed by atoms with Gasteiger partial charge in [-0.15, -0.1) is 0 Å². The Bertz CT molecular complexity index is 483. The average molecular weight is 247 g/mol. The van der Waals surface area contributed by atoms with E-state index < -0.39 is 0 Å². The molecule has 0 atom stereocenters. The summed E-state index contributed by atoms with van der Waals surface area (Å²) in [5.41, 5.74) is 2.11. The summed E-state index contributed by atoms with van der Waals surface area (Å²) in [6, 6.07) is 7.30. The fraction of sp³-hybridized carbons (Fsp3) is 0.308. The molecular weight excluding hydrogens is 230 g/mol. The van der Waals surface area contributed by atoms with Gasteiger partial charge in [0.1, 0.15) is 0 Å². The van der Waals surface area contributed by atoms with Gasteiger partial charge in [-0.05, 0) is 30.7 Å². The molecule has 5 heteroatoms. The molecule has 0 saturated carbocycles. The minimum Gasteiger partial charge on any atom is -0.504 e. The Labute approximate surface area is 106 Å². The second-order valence-electron chi connectivity index (χ2n) is 3.92. The molecule has 3 N–H and O–H groups in total. The van der Waals surface area contributed by atoms with Crippen molar-refractivity contribution in [2.75, 3.05) is 6.61 Å². The summed E-state index contributed by atoms with van der Waals surface area (Å²) in [6.07, 6.45) is 1.73. The fourth-order valence-electron chi connectivity index (χ4n) is 1.66. The lowest BCUT2D eigenvalue weighted by atomic mass is 10.2.